The summed E-state index contributed by atoms with van der Waals surface area (Å²) in [6.45, 7) is 5.08. The molecular weight excluding hydrogens is 218 g/mol. The highest BCUT2D eigenvalue weighted by Gasteiger charge is 2.08. The van der Waals surface area contributed by atoms with Gasteiger partial charge in [-0.2, -0.15) is 0 Å². The zero-order valence-electron chi connectivity index (χ0n) is 10.8. The SMILES string of the molecule is Cc1cc(C=O)c(C)n1CCNC(=O)N(C)C. The zero-order chi connectivity index (χ0) is 13.0. The molecule has 1 rings (SSSR count). The Labute approximate surface area is 101 Å². The fourth-order valence-electron chi connectivity index (χ4n) is 1.72. The van der Waals surface area contributed by atoms with Crippen LogP contribution in [0.3, 0.4) is 0 Å². The molecule has 0 saturated carbocycles. The molecule has 1 N–H and O–H groups in total. The van der Waals surface area contributed by atoms with Gasteiger partial charge in [0.25, 0.3) is 0 Å². The van der Waals surface area contributed by atoms with Gasteiger partial charge in [0, 0.05) is 44.1 Å². The summed E-state index contributed by atoms with van der Waals surface area (Å²) in [5.41, 5.74) is 2.68. The van der Waals surface area contributed by atoms with Crippen molar-refractivity contribution in [3.63, 3.8) is 0 Å². The summed E-state index contributed by atoms with van der Waals surface area (Å²) in [5, 5.41) is 2.79. The van der Waals surface area contributed by atoms with E-state index in [1.54, 1.807) is 14.1 Å². The molecule has 0 bridgehead atoms. The predicted molar refractivity (Wildman–Crippen MR) is 66.4 cm³/mol. The maximum absolute atomic E-state index is 11.3. The Bertz CT molecular complexity index is 422. The van der Waals surface area contributed by atoms with Crippen molar-refractivity contribution in [2.75, 3.05) is 20.6 Å². The Hall–Kier alpha value is -1.78. The van der Waals surface area contributed by atoms with Crippen LogP contribution in [0, 0.1) is 13.8 Å². The molecule has 0 spiro atoms. The van der Waals surface area contributed by atoms with Crippen LogP contribution in [-0.4, -0.2) is 42.4 Å². The van der Waals surface area contributed by atoms with Crippen LogP contribution in [-0.2, 0) is 6.54 Å². The van der Waals surface area contributed by atoms with E-state index in [-0.39, 0.29) is 6.03 Å². The zero-order valence-corrected chi connectivity index (χ0v) is 10.8. The first-order valence-electron chi connectivity index (χ1n) is 5.54. The van der Waals surface area contributed by atoms with Crippen molar-refractivity contribution < 1.29 is 9.59 Å². The van der Waals surface area contributed by atoms with Gasteiger partial charge in [-0.15, -0.1) is 0 Å². The van der Waals surface area contributed by atoms with Crippen molar-refractivity contribution in [2.45, 2.75) is 20.4 Å². The summed E-state index contributed by atoms with van der Waals surface area (Å²) in [6.07, 6.45) is 0.858. The number of hydrogen-bond acceptors (Lipinski definition) is 2. The number of carbonyl (C=O) groups is 2. The number of hydrogen-bond donors (Lipinski definition) is 1. The molecule has 0 aliphatic heterocycles. The van der Waals surface area contributed by atoms with Crippen LogP contribution in [0.4, 0.5) is 4.79 Å². The average molecular weight is 237 g/mol. The number of aldehydes is 1. The maximum Gasteiger partial charge on any atom is 0.316 e. The van der Waals surface area contributed by atoms with E-state index in [9.17, 15) is 9.59 Å². The van der Waals surface area contributed by atoms with Gasteiger partial charge in [0.2, 0.25) is 0 Å². The molecule has 0 aliphatic rings. The molecule has 2 amide bonds. The Kier molecular flexibility index (Phi) is 4.31. The Morgan fingerprint density at radius 2 is 2.12 bits per heavy atom. The molecule has 94 valence electrons. The van der Waals surface area contributed by atoms with Gasteiger partial charge in [-0.3, -0.25) is 4.79 Å². The summed E-state index contributed by atoms with van der Waals surface area (Å²) in [6, 6.07) is 1.75. The summed E-state index contributed by atoms with van der Waals surface area (Å²) < 4.78 is 2.03. The molecule has 0 aromatic carbocycles. The molecule has 5 heteroatoms. The van der Waals surface area contributed by atoms with Crippen molar-refractivity contribution >= 4 is 12.3 Å². The molecule has 0 fully saturated rings. The summed E-state index contributed by atoms with van der Waals surface area (Å²) >= 11 is 0. The van der Waals surface area contributed by atoms with Crippen LogP contribution in [0.25, 0.3) is 0 Å². The van der Waals surface area contributed by atoms with Crippen LogP contribution in [0.15, 0.2) is 6.07 Å². The summed E-state index contributed by atoms with van der Waals surface area (Å²) in [5.74, 6) is 0. The van der Waals surface area contributed by atoms with Gasteiger partial charge >= 0.3 is 6.03 Å². The van der Waals surface area contributed by atoms with Crippen molar-refractivity contribution in [1.82, 2.24) is 14.8 Å². The third-order valence-electron chi connectivity index (χ3n) is 2.76. The molecule has 1 aromatic heterocycles. The van der Waals surface area contributed by atoms with Crippen molar-refractivity contribution in [3.05, 3.63) is 23.0 Å². The Balaban J connectivity index is 2.61. The third kappa shape index (κ3) is 3.09. The minimum atomic E-state index is -0.108. The maximum atomic E-state index is 11.3. The smallest absolute Gasteiger partial charge is 0.316 e. The Morgan fingerprint density at radius 3 is 2.59 bits per heavy atom. The second-order valence-corrected chi connectivity index (χ2v) is 4.22. The van der Waals surface area contributed by atoms with E-state index in [2.05, 4.69) is 5.32 Å². The number of carbonyl (C=O) groups excluding carboxylic acids is 2. The van der Waals surface area contributed by atoms with Gasteiger partial charge in [0.05, 0.1) is 0 Å². The predicted octanol–water partition coefficient (Wildman–Crippen LogP) is 1.19. The molecular formula is C12H19N3O2. The van der Waals surface area contributed by atoms with Crippen molar-refractivity contribution in [2.24, 2.45) is 0 Å². The molecule has 0 radical (unpaired) electrons. The summed E-state index contributed by atoms with van der Waals surface area (Å²) in [7, 11) is 3.40. The van der Waals surface area contributed by atoms with Gasteiger partial charge in [-0.1, -0.05) is 0 Å². The highest BCUT2D eigenvalue weighted by Crippen LogP contribution is 2.12. The summed E-state index contributed by atoms with van der Waals surface area (Å²) in [4.78, 5) is 23.6. The first-order valence-corrected chi connectivity index (χ1v) is 5.54. The number of nitrogens with one attached hydrogen (secondary N) is 1. The normalized spacial score (nSPS) is 10.1. The fraction of sp³-hybridized carbons (Fsp3) is 0.500. The molecule has 1 aromatic rings. The largest absolute Gasteiger partial charge is 0.347 e. The average Bonchev–Trinajstić information content (AvgIpc) is 2.55. The van der Waals surface area contributed by atoms with E-state index in [0.717, 1.165) is 17.7 Å². The molecule has 0 unspecified atom stereocenters. The third-order valence-corrected chi connectivity index (χ3v) is 2.76. The Morgan fingerprint density at radius 1 is 1.47 bits per heavy atom. The monoisotopic (exact) mass is 237 g/mol. The fourth-order valence-corrected chi connectivity index (χ4v) is 1.72. The van der Waals surface area contributed by atoms with Gasteiger partial charge in [-0.25, -0.2) is 4.79 Å². The number of rotatable bonds is 4. The minimum absolute atomic E-state index is 0.108. The van der Waals surface area contributed by atoms with Crippen molar-refractivity contribution in [3.8, 4) is 0 Å². The molecule has 5 nitrogen and oxygen atoms in total. The highest BCUT2D eigenvalue weighted by molar-refractivity contribution is 5.77. The molecule has 17 heavy (non-hydrogen) atoms. The first-order chi connectivity index (χ1) is 7.97. The van der Waals surface area contributed by atoms with Gasteiger partial charge in [-0.05, 0) is 19.9 Å². The van der Waals surface area contributed by atoms with Crippen LogP contribution in [0.5, 0.6) is 0 Å². The van der Waals surface area contributed by atoms with E-state index in [0.29, 0.717) is 18.7 Å². The molecule has 1 heterocycles. The van der Waals surface area contributed by atoms with Crippen LogP contribution < -0.4 is 5.32 Å². The number of amides is 2. The highest BCUT2D eigenvalue weighted by atomic mass is 16.2. The number of urea groups is 1. The lowest BCUT2D eigenvalue weighted by atomic mass is 10.3. The van der Waals surface area contributed by atoms with Gasteiger partial charge in [0.15, 0.2) is 6.29 Å². The number of nitrogens with zero attached hydrogens (tertiary/aromatic N) is 2. The lowest BCUT2D eigenvalue weighted by Crippen LogP contribution is -2.36. The first kappa shape index (κ1) is 13.3. The minimum Gasteiger partial charge on any atom is -0.347 e. The van der Waals surface area contributed by atoms with E-state index >= 15 is 0 Å². The second-order valence-electron chi connectivity index (χ2n) is 4.22. The van der Waals surface area contributed by atoms with Crippen LogP contribution in [0.1, 0.15) is 21.7 Å². The lowest BCUT2D eigenvalue weighted by molar-refractivity contribution is 0.112. The second kappa shape index (κ2) is 5.52. The lowest BCUT2D eigenvalue weighted by Gasteiger charge is -2.14. The van der Waals surface area contributed by atoms with E-state index in [4.69, 9.17) is 0 Å². The number of aryl methyl sites for hydroxylation is 1. The molecule has 0 saturated heterocycles. The topological polar surface area (TPSA) is 54.3 Å². The van der Waals surface area contributed by atoms with Crippen molar-refractivity contribution in [1.29, 1.82) is 0 Å². The molecule has 0 aliphatic carbocycles. The van der Waals surface area contributed by atoms with Crippen LogP contribution in [0.2, 0.25) is 0 Å². The standard InChI is InChI=1S/C12H19N3O2/c1-9-7-11(8-16)10(2)15(9)6-5-13-12(17)14(3)4/h7-8H,5-6H2,1-4H3,(H,13,17). The van der Waals surface area contributed by atoms with E-state index < -0.39 is 0 Å². The van der Waals surface area contributed by atoms with Crippen LogP contribution >= 0.6 is 0 Å². The quantitative estimate of drug-likeness (QED) is 0.800. The van der Waals surface area contributed by atoms with Gasteiger partial charge in [0.1, 0.15) is 0 Å². The molecule has 0 atom stereocenters. The van der Waals surface area contributed by atoms with E-state index in [1.165, 1.54) is 4.90 Å². The van der Waals surface area contributed by atoms with Gasteiger partial charge < -0.3 is 14.8 Å². The number of aromatic nitrogens is 1. The van der Waals surface area contributed by atoms with E-state index in [1.807, 2.05) is 24.5 Å².